The van der Waals surface area contributed by atoms with E-state index < -0.39 is 5.91 Å². The molecule has 2 rings (SSSR count). The first-order valence-electron chi connectivity index (χ1n) is 8.92. The number of nitriles is 1. The van der Waals surface area contributed by atoms with Crippen LogP contribution < -0.4 is 14.8 Å². The minimum absolute atomic E-state index is 0.0254. The van der Waals surface area contributed by atoms with E-state index in [1.165, 1.54) is 13.2 Å². The summed E-state index contributed by atoms with van der Waals surface area (Å²) in [7, 11) is 1.51. The average molecular weight is 399 g/mol. The maximum absolute atomic E-state index is 12.5. The van der Waals surface area contributed by atoms with E-state index >= 15 is 0 Å². The van der Waals surface area contributed by atoms with E-state index in [0.29, 0.717) is 27.8 Å². The Morgan fingerprint density at radius 1 is 1.36 bits per heavy atom. The number of anilines is 1. The van der Waals surface area contributed by atoms with Gasteiger partial charge in [-0.1, -0.05) is 30.7 Å². The second-order valence-electron chi connectivity index (χ2n) is 6.36. The van der Waals surface area contributed by atoms with Crippen molar-refractivity contribution in [1.29, 1.82) is 5.26 Å². The molecule has 0 unspecified atom stereocenters. The van der Waals surface area contributed by atoms with E-state index in [9.17, 15) is 10.1 Å². The summed E-state index contributed by atoms with van der Waals surface area (Å²) >= 11 is 6.35. The van der Waals surface area contributed by atoms with Crippen molar-refractivity contribution in [2.24, 2.45) is 0 Å². The van der Waals surface area contributed by atoms with Crippen LogP contribution in [0.1, 0.15) is 31.4 Å². The summed E-state index contributed by atoms with van der Waals surface area (Å²) < 4.78 is 11.2. The number of carbonyl (C=O) groups is 1. The van der Waals surface area contributed by atoms with E-state index in [4.69, 9.17) is 21.1 Å². The van der Waals surface area contributed by atoms with Gasteiger partial charge in [-0.3, -0.25) is 4.79 Å². The smallest absolute Gasteiger partial charge is 0.266 e. The van der Waals surface area contributed by atoms with Gasteiger partial charge >= 0.3 is 0 Å². The summed E-state index contributed by atoms with van der Waals surface area (Å²) in [6.07, 6.45) is 2.26. The first-order valence-corrected chi connectivity index (χ1v) is 9.29. The third kappa shape index (κ3) is 5.51. The van der Waals surface area contributed by atoms with E-state index in [1.807, 2.05) is 45.0 Å². The van der Waals surface area contributed by atoms with Gasteiger partial charge in [-0.2, -0.15) is 5.26 Å². The molecule has 0 saturated carbocycles. The number of nitrogens with zero attached hydrogens (tertiary/aromatic N) is 1. The van der Waals surface area contributed by atoms with Crippen LogP contribution in [0.15, 0.2) is 42.0 Å². The molecule has 2 aromatic rings. The van der Waals surface area contributed by atoms with Crippen molar-refractivity contribution in [1.82, 2.24) is 0 Å². The molecule has 0 spiro atoms. The van der Waals surface area contributed by atoms with Gasteiger partial charge in [0.15, 0.2) is 11.5 Å². The number of rotatable bonds is 7. The Balaban J connectivity index is 2.31. The molecule has 0 aromatic heterocycles. The molecule has 1 atom stereocenters. The van der Waals surface area contributed by atoms with Crippen LogP contribution in [-0.2, 0) is 4.79 Å². The van der Waals surface area contributed by atoms with Crippen molar-refractivity contribution in [2.75, 3.05) is 12.4 Å². The third-order valence-corrected chi connectivity index (χ3v) is 4.38. The lowest BCUT2D eigenvalue weighted by Gasteiger charge is -2.17. The average Bonchev–Trinajstić information content (AvgIpc) is 2.67. The van der Waals surface area contributed by atoms with Gasteiger partial charge in [-0.15, -0.1) is 0 Å². The maximum Gasteiger partial charge on any atom is 0.266 e. The van der Waals surface area contributed by atoms with Gasteiger partial charge in [0.2, 0.25) is 0 Å². The number of aryl methyl sites for hydroxylation is 1. The van der Waals surface area contributed by atoms with Crippen LogP contribution in [0.4, 0.5) is 5.69 Å². The molecule has 146 valence electrons. The molecule has 5 nitrogen and oxygen atoms in total. The number of hydrogen-bond donors (Lipinski definition) is 1. The van der Waals surface area contributed by atoms with Crippen LogP contribution in [-0.4, -0.2) is 19.1 Å². The second-order valence-corrected chi connectivity index (χ2v) is 6.77. The zero-order valence-electron chi connectivity index (χ0n) is 16.4. The number of benzene rings is 2. The molecule has 0 saturated heterocycles. The van der Waals surface area contributed by atoms with Crippen molar-refractivity contribution < 1.29 is 14.3 Å². The van der Waals surface area contributed by atoms with Gasteiger partial charge < -0.3 is 14.8 Å². The van der Waals surface area contributed by atoms with Gasteiger partial charge in [0.1, 0.15) is 11.6 Å². The molecular formula is C22H23ClN2O3. The van der Waals surface area contributed by atoms with E-state index in [0.717, 1.165) is 12.0 Å². The SMILES string of the molecule is CC[C@H](C)Oc1c(Cl)cc(/C=C(/C#N)C(=O)Nc2cccc(C)c2)cc1OC. The minimum atomic E-state index is -0.497. The standard InChI is InChI=1S/C22H23ClN2O3/c1-5-15(3)28-21-19(23)11-16(12-20(21)27-4)10-17(13-24)22(26)25-18-8-6-7-14(2)9-18/h6-12,15H,5H2,1-4H3,(H,25,26)/b17-10-/t15-/m0/s1. The predicted molar refractivity (Wildman–Crippen MR) is 112 cm³/mol. The van der Waals surface area contributed by atoms with Crippen LogP contribution in [0, 0.1) is 18.3 Å². The monoisotopic (exact) mass is 398 g/mol. The Bertz CT molecular complexity index is 932. The van der Waals surface area contributed by atoms with Gasteiger partial charge in [0.25, 0.3) is 5.91 Å². The van der Waals surface area contributed by atoms with Gasteiger partial charge in [-0.05, 0) is 61.7 Å². The Morgan fingerprint density at radius 3 is 2.71 bits per heavy atom. The topological polar surface area (TPSA) is 71.3 Å². The van der Waals surface area contributed by atoms with Crippen LogP contribution in [0.25, 0.3) is 6.08 Å². The van der Waals surface area contributed by atoms with Gasteiger partial charge in [0, 0.05) is 5.69 Å². The number of ether oxygens (including phenoxy) is 2. The number of carbonyl (C=O) groups excluding carboxylic acids is 1. The number of nitrogens with one attached hydrogen (secondary N) is 1. The van der Waals surface area contributed by atoms with Crippen LogP contribution in [0.3, 0.4) is 0 Å². The molecule has 1 amide bonds. The van der Waals surface area contributed by atoms with Gasteiger partial charge in [-0.25, -0.2) is 0 Å². The first kappa shape index (κ1) is 21.3. The normalized spacial score (nSPS) is 12.1. The summed E-state index contributed by atoms with van der Waals surface area (Å²) in [4.78, 5) is 12.5. The molecule has 0 aliphatic carbocycles. The molecule has 28 heavy (non-hydrogen) atoms. The molecule has 0 bridgehead atoms. The predicted octanol–water partition coefficient (Wildman–Crippen LogP) is 5.38. The lowest BCUT2D eigenvalue weighted by Crippen LogP contribution is -2.13. The number of methoxy groups -OCH3 is 1. The van der Waals surface area contributed by atoms with Gasteiger partial charge in [0.05, 0.1) is 18.2 Å². The first-order chi connectivity index (χ1) is 13.4. The number of amides is 1. The Hall–Kier alpha value is -2.97. The van der Waals surface area contributed by atoms with Crippen molar-refractivity contribution in [2.45, 2.75) is 33.3 Å². The third-order valence-electron chi connectivity index (χ3n) is 4.10. The molecule has 6 heteroatoms. The number of halogens is 1. The number of hydrogen-bond acceptors (Lipinski definition) is 4. The largest absolute Gasteiger partial charge is 0.493 e. The lowest BCUT2D eigenvalue weighted by molar-refractivity contribution is -0.112. The Labute approximate surface area is 170 Å². The fourth-order valence-corrected chi connectivity index (χ4v) is 2.72. The van der Waals surface area contributed by atoms with Crippen LogP contribution in [0.5, 0.6) is 11.5 Å². The molecular weight excluding hydrogens is 376 g/mol. The van der Waals surface area contributed by atoms with E-state index in [1.54, 1.807) is 18.2 Å². The molecule has 2 aromatic carbocycles. The molecule has 0 fully saturated rings. The zero-order valence-corrected chi connectivity index (χ0v) is 17.1. The summed E-state index contributed by atoms with van der Waals surface area (Å²) in [5.41, 5.74) is 2.15. The molecule has 0 aliphatic rings. The zero-order chi connectivity index (χ0) is 20.7. The summed E-state index contributed by atoms with van der Waals surface area (Å²) in [5.74, 6) is 0.386. The summed E-state index contributed by atoms with van der Waals surface area (Å²) in [6, 6.07) is 12.6. The highest BCUT2D eigenvalue weighted by molar-refractivity contribution is 6.32. The second kappa shape index (κ2) is 9.82. The fourth-order valence-electron chi connectivity index (χ4n) is 2.46. The van der Waals surface area contributed by atoms with Crippen molar-refractivity contribution in [3.05, 3.63) is 58.1 Å². The molecule has 0 aliphatic heterocycles. The van der Waals surface area contributed by atoms with Crippen molar-refractivity contribution in [3.63, 3.8) is 0 Å². The van der Waals surface area contributed by atoms with E-state index in [2.05, 4.69) is 5.32 Å². The van der Waals surface area contributed by atoms with Crippen LogP contribution >= 0.6 is 11.6 Å². The lowest BCUT2D eigenvalue weighted by atomic mass is 10.1. The van der Waals surface area contributed by atoms with E-state index in [-0.39, 0.29) is 11.7 Å². The highest BCUT2D eigenvalue weighted by Crippen LogP contribution is 2.38. The summed E-state index contributed by atoms with van der Waals surface area (Å²) in [5, 5.41) is 12.5. The molecule has 0 heterocycles. The fraction of sp³-hybridized carbons (Fsp3) is 0.273. The molecule has 0 radical (unpaired) electrons. The highest BCUT2D eigenvalue weighted by Gasteiger charge is 2.16. The maximum atomic E-state index is 12.5. The van der Waals surface area contributed by atoms with Crippen LogP contribution in [0.2, 0.25) is 5.02 Å². The molecule has 1 N–H and O–H groups in total. The van der Waals surface area contributed by atoms with Crippen molar-refractivity contribution >= 4 is 29.3 Å². The quantitative estimate of drug-likeness (QED) is 0.502. The summed E-state index contributed by atoms with van der Waals surface area (Å²) in [6.45, 7) is 5.87. The minimum Gasteiger partial charge on any atom is -0.493 e. The Morgan fingerprint density at radius 2 is 2.11 bits per heavy atom. The highest BCUT2D eigenvalue weighted by atomic mass is 35.5. The Kier molecular flexibility index (Phi) is 7.48. The van der Waals surface area contributed by atoms with Crippen molar-refractivity contribution in [3.8, 4) is 17.6 Å².